The van der Waals surface area contributed by atoms with Crippen molar-refractivity contribution in [2.45, 2.75) is 19.4 Å². The van der Waals surface area contributed by atoms with Crippen LogP contribution in [0.4, 0.5) is 5.69 Å². The fourth-order valence-corrected chi connectivity index (χ4v) is 5.54. The number of aryl methyl sites for hydroxylation is 2. The van der Waals surface area contributed by atoms with Crippen molar-refractivity contribution < 1.29 is 15.0 Å². The molecule has 7 nitrogen and oxygen atoms in total. The van der Waals surface area contributed by atoms with Crippen LogP contribution in [0.2, 0.25) is 0 Å². The highest BCUT2D eigenvalue weighted by molar-refractivity contribution is 6.23. The van der Waals surface area contributed by atoms with E-state index in [1.54, 1.807) is 29.8 Å². The topological polar surface area (TPSA) is 83.0 Å². The van der Waals surface area contributed by atoms with Gasteiger partial charge >= 0.3 is 5.97 Å². The highest BCUT2D eigenvalue weighted by Crippen LogP contribution is 2.35. The molecule has 6 rings (SSSR count). The maximum atomic E-state index is 11.8. The number of benzene rings is 3. The second kappa shape index (κ2) is 9.50. The summed E-state index contributed by atoms with van der Waals surface area (Å²) in [7, 11) is 3.78. The van der Waals surface area contributed by atoms with Crippen molar-refractivity contribution in [3.8, 4) is 5.88 Å². The normalized spacial score (nSPS) is 14.6. The van der Waals surface area contributed by atoms with Crippen molar-refractivity contribution in [2.75, 3.05) is 13.1 Å². The summed E-state index contributed by atoms with van der Waals surface area (Å²) in [5, 5.41) is 22.7. The molecule has 0 aliphatic carbocycles. The van der Waals surface area contributed by atoms with Gasteiger partial charge in [-0.25, -0.2) is 9.79 Å². The van der Waals surface area contributed by atoms with Crippen LogP contribution in [0.25, 0.3) is 21.8 Å². The Morgan fingerprint density at radius 3 is 2.47 bits per heavy atom. The largest absolute Gasteiger partial charge is 0.494 e. The Morgan fingerprint density at radius 2 is 1.68 bits per heavy atom. The third kappa shape index (κ3) is 4.25. The van der Waals surface area contributed by atoms with Crippen LogP contribution < -0.4 is 0 Å². The van der Waals surface area contributed by atoms with Crippen LogP contribution in [0, 0.1) is 0 Å². The van der Waals surface area contributed by atoms with Gasteiger partial charge in [-0.1, -0.05) is 18.2 Å². The number of carboxylic acids is 1. The number of rotatable bonds is 6. The quantitative estimate of drug-likeness (QED) is 0.284. The Hall–Kier alpha value is -4.36. The van der Waals surface area contributed by atoms with Crippen LogP contribution in [-0.2, 0) is 20.6 Å². The number of aliphatic imine (C=N–C) groups is 1. The van der Waals surface area contributed by atoms with Crippen LogP contribution in [0.15, 0.2) is 77.9 Å². The molecule has 1 aliphatic rings. The van der Waals surface area contributed by atoms with E-state index in [0.717, 1.165) is 47.3 Å². The van der Waals surface area contributed by atoms with Crippen molar-refractivity contribution in [1.29, 1.82) is 0 Å². The van der Waals surface area contributed by atoms with Gasteiger partial charge in [-0.2, -0.15) is 0 Å². The van der Waals surface area contributed by atoms with E-state index in [0.29, 0.717) is 16.7 Å². The van der Waals surface area contributed by atoms with E-state index in [-0.39, 0.29) is 11.4 Å². The lowest BCUT2D eigenvalue weighted by molar-refractivity contribution is 0.0697. The van der Waals surface area contributed by atoms with Gasteiger partial charge in [-0.15, -0.1) is 0 Å². The number of nitrogens with zero attached hydrogens (tertiary/aromatic N) is 4. The number of fused-ring (bicyclic) bond motifs is 2. The van der Waals surface area contributed by atoms with Gasteiger partial charge in [0.1, 0.15) is 0 Å². The van der Waals surface area contributed by atoms with Gasteiger partial charge in [-0.3, -0.25) is 4.90 Å². The van der Waals surface area contributed by atoms with Crippen molar-refractivity contribution >= 4 is 39.2 Å². The van der Waals surface area contributed by atoms with E-state index >= 15 is 0 Å². The second-order valence-corrected chi connectivity index (χ2v) is 10.1. The minimum absolute atomic E-state index is 0.0441. The van der Waals surface area contributed by atoms with Crippen LogP contribution in [0.3, 0.4) is 0 Å². The third-order valence-corrected chi connectivity index (χ3v) is 7.57. The van der Waals surface area contributed by atoms with E-state index in [4.69, 9.17) is 4.99 Å². The van der Waals surface area contributed by atoms with Gasteiger partial charge in [0.2, 0.25) is 5.88 Å². The average Bonchev–Trinajstić information content (AvgIpc) is 3.62. The van der Waals surface area contributed by atoms with Crippen LogP contribution in [-0.4, -0.2) is 49.0 Å². The molecule has 0 spiro atoms. The number of likely N-dealkylation sites (tertiary alicyclic amines) is 1. The Bertz CT molecular complexity index is 1720. The smallest absolute Gasteiger partial charge is 0.335 e. The van der Waals surface area contributed by atoms with Crippen LogP contribution in [0.1, 0.15) is 39.9 Å². The SMILES string of the molecule is Cn1ccc2cc(C(=Nc3cccc(CN4CCCC4)c3)c3c(O)n(C)c4ccc(C(=O)O)cc34)ccc21. The number of hydrogen-bond donors (Lipinski definition) is 2. The van der Waals surface area contributed by atoms with Crippen molar-refractivity contribution in [3.05, 3.63) is 95.2 Å². The Kier molecular flexibility index (Phi) is 6.00. The van der Waals surface area contributed by atoms with E-state index in [2.05, 4.69) is 39.8 Å². The summed E-state index contributed by atoms with van der Waals surface area (Å²) in [6, 6.07) is 21.3. The molecule has 3 aromatic carbocycles. The number of aromatic hydroxyl groups is 1. The standard InChI is InChI=1S/C31H30N4O3/c1-33-15-12-21-17-22(8-10-26(21)33)29(32-24-7-5-6-20(16-24)19-35-13-3-4-14-35)28-25-18-23(31(37)38)9-11-27(25)34(2)30(28)36/h5-12,15-18,36H,3-4,13-14,19H2,1-2H3,(H,37,38). The zero-order chi connectivity index (χ0) is 26.4. The molecule has 3 heterocycles. The summed E-state index contributed by atoms with van der Waals surface area (Å²) >= 11 is 0. The van der Waals surface area contributed by atoms with Crippen molar-refractivity contribution in [1.82, 2.24) is 14.0 Å². The van der Waals surface area contributed by atoms with E-state index in [1.165, 1.54) is 18.4 Å². The number of aromatic nitrogens is 2. The third-order valence-electron chi connectivity index (χ3n) is 7.57. The molecule has 0 saturated carbocycles. The zero-order valence-electron chi connectivity index (χ0n) is 21.6. The molecule has 0 bridgehead atoms. The van der Waals surface area contributed by atoms with E-state index < -0.39 is 5.97 Å². The lowest BCUT2D eigenvalue weighted by atomic mass is 9.98. The molecule has 0 radical (unpaired) electrons. The summed E-state index contributed by atoms with van der Waals surface area (Å²) in [6.07, 6.45) is 4.49. The number of carbonyl (C=O) groups is 1. The Balaban J connectivity index is 1.56. The van der Waals surface area contributed by atoms with E-state index in [9.17, 15) is 15.0 Å². The molecule has 38 heavy (non-hydrogen) atoms. The van der Waals surface area contributed by atoms with Gasteiger partial charge in [0, 0.05) is 48.7 Å². The lowest BCUT2D eigenvalue weighted by Gasteiger charge is -2.15. The van der Waals surface area contributed by atoms with Gasteiger partial charge < -0.3 is 19.3 Å². The summed E-state index contributed by atoms with van der Waals surface area (Å²) in [4.78, 5) is 19.4. The summed E-state index contributed by atoms with van der Waals surface area (Å²) in [5.74, 6) is -0.970. The molecule has 0 atom stereocenters. The van der Waals surface area contributed by atoms with Gasteiger partial charge in [-0.05, 0) is 80.0 Å². The summed E-state index contributed by atoms with van der Waals surface area (Å²) in [5.41, 5.74) is 5.93. The molecule has 1 saturated heterocycles. The van der Waals surface area contributed by atoms with Gasteiger partial charge in [0.25, 0.3) is 0 Å². The first kappa shape index (κ1) is 24.0. The fourth-order valence-electron chi connectivity index (χ4n) is 5.54. The second-order valence-electron chi connectivity index (χ2n) is 10.1. The van der Waals surface area contributed by atoms with E-state index in [1.807, 2.05) is 31.4 Å². The zero-order valence-corrected chi connectivity index (χ0v) is 21.6. The highest BCUT2D eigenvalue weighted by Gasteiger charge is 2.23. The molecular formula is C31H30N4O3. The van der Waals surface area contributed by atoms with Crippen molar-refractivity contribution in [3.63, 3.8) is 0 Å². The predicted octanol–water partition coefficient (Wildman–Crippen LogP) is 5.84. The predicted molar refractivity (Wildman–Crippen MR) is 151 cm³/mol. The molecule has 1 fully saturated rings. The first-order chi connectivity index (χ1) is 18.4. The maximum Gasteiger partial charge on any atom is 0.335 e. The van der Waals surface area contributed by atoms with Gasteiger partial charge in [0.05, 0.1) is 28.0 Å². The average molecular weight is 507 g/mol. The number of carboxylic acid groups (broad SMARTS) is 1. The molecule has 0 amide bonds. The van der Waals surface area contributed by atoms with Crippen molar-refractivity contribution in [2.24, 2.45) is 19.1 Å². The molecule has 0 unspecified atom stereocenters. The van der Waals surface area contributed by atoms with Crippen LogP contribution >= 0.6 is 0 Å². The molecule has 192 valence electrons. The number of hydrogen-bond acceptors (Lipinski definition) is 4. The highest BCUT2D eigenvalue weighted by atomic mass is 16.4. The fraction of sp³-hybridized carbons (Fsp3) is 0.226. The van der Waals surface area contributed by atoms with Crippen LogP contribution in [0.5, 0.6) is 5.88 Å². The first-order valence-corrected chi connectivity index (χ1v) is 12.9. The Labute approximate surface area is 220 Å². The molecule has 7 heteroatoms. The molecule has 2 N–H and O–H groups in total. The minimum Gasteiger partial charge on any atom is -0.494 e. The summed E-state index contributed by atoms with van der Waals surface area (Å²) < 4.78 is 3.74. The molecule has 5 aromatic rings. The molecule has 2 aromatic heterocycles. The Morgan fingerprint density at radius 1 is 0.921 bits per heavy atom. The lowest BCUT2D eigenvalue weighted by Crippen LogP contribution is -2.18. The summed E-state index contributed by atoms with van der Waals surface area (Å²) in [6.45, 7) is 3.12. The van der Waals surface area contributed by atoms with Gasteiger partial charge in [0.15, 0.2) is 0 Å². The first-order valence-electron chi connectivity index (χ1n) is 12.9. The number of aromatic carboxylic acids is 1. The molecular weight excluding hydrogens is 476 g/mol. The molecule has 1 aliphatic heterocycles. The minimum atomic E-state index is -1.01. The maximum absolute atomic E-state index is 11.8. The monoisotopic (exact) mass is 506 g/mol.